The average molecular weight is 157 g/mol. The van der Waals surface area contributed by atoms with E-state index in [9.17, 15) is 0 Å². The predicted octanol–water partition coefficient (Wildman–Crippen LogP) is 2.71. The van der Waals surface area contributed by atoms with E-state index >= 15 is 0 Å². The molecule has 0 aromatic rings. The van der Waals surface area contributed by atoms with E-state index in [1.807, 2.05) is 11.8 Å². The highest BCUT2D eigenvalue weighted by Gasteiger charge is 2.25. The van der Waals surface area contributed by atoms with Crippen molar-refractivity contribution in [3.63, 3.8) is 0 Å². The molecule has 1 unspecified atom stereocenters. The zero-order valence-corrected chi connectivity index (χ0v) is 7.79. The molecule has 2 heteroatoms. The van der Waals surface area contributed by atoms with E-state index in [0.29, 0.717) is 4.75 Å². The van der Waals surface area contributed by atoms with Crippen LogP contribution in [0.1, 0.15) is 33.6 Å². The molecule has 1 aliphatic heterocycles. The Kier molecular flexibility index (Phi) is 2.40. The van der Waals surface area contributed by atoms with E-state index in [0.717, 1.165) is 6.54 Å². The minimum Gasteiger partial charge on any atom is -0.283 e. The van der Waals surface area contributed by atoms with Gasteiger partial charge in [-0.3, -0.25) is 4.99 Å². The van der Waals surface area contributed by atoms with Crippen LogP contribution in [0.2, 0.25) is 0 Å². The molecule has 0 aliphatic carbocycles. The Morgan fingerprint density at radius 1 is 1.70 bits per heavy atom. The van der Waals surface area contributed by atoms with Crippen molar-refractivity contribution in [2.24, 2.45) is 4.99 Å². The molecule has 1 rings (SSSR count). The molecule has 10 heavy (non-hydrogen) atoms. The highest BCUT2D eigenvalue weighted by atomic mass is 32.2. The molecule has 0 saturated heterocycles. The summed E-state index contributed by atoms with van der Waals surface area (Å²) in [6.45, 7) is 7.72. The van der Waals surface area contributed by atoms with Crippen LogP contribution in [0.3, 0.4) is 0 Å². The van der Waals surface area contributed by atoms with Gasteiger partial charge < -0.3 is 0 Å². The van der Waals surface area contributed by atoms with Gasteiger partial charge in [-0.25, -0.2) is 0 Å². The highest BCUT2D eigenvalue weighted by Crippen LogP contribution is 2.35. The fraction of sp³-hybridized carbons (Fsp3) is 0.875. The SMILES string of the molecule is CCC1(C)CCN=C(C)S1. The van der Waals surface area contributed by atoms with E-state index in [4.69, 9.17) is 0 Å². The first-order chi connectivity index (χ1) is 4.66. The minimum atomic E-state index is 0.478. The minimum absolute atomic E-state index is 0.478. The zero-order valence-electron chi connectivity index (χ0n) is 6.98. The maximum Gasteiger partial charge on any atom is 0.0650 e. The molecule has 1 heterocycles. The van der Waals surface area contributed by atoms with Crippen LogP contribution in [-0.2, 0) is 0 Å². The van der Waals surface area contributed by atoms with Crippen molar-refractivity contribution in [3.05, 3.63) is 0 Å². The number of thioether (sulfide) groups is 1. The van der Waals surface area contributed by atoms with E-state index < -0.39 is 0 Å². The molecule has 0 amide bonds. The van der Waals surface area contributed by atoms with Gasteiger partial charge in [-0.2, -0.15) is 0 Å². The van der Waals surface area contributed by atoms with Gasteiger partial charge in [0.1, 0.15) is 0 Å². The Labute approximate surface area is 67.3 Å². The molecule has 0 aromatic heterocycles. The van der Waals surface area contributed by atoms with Crippen LogP contribution in [0.5, 0.6) is 0 Å². The van der Waals surface area contributed by atoms with Crippen LogP contribution in [0, 0.1) is 0 Å². The van der Waals surface area contributed by atoms with Crippen LogP contribution in [0.25, 0.3) is 0 Å². The first-order valence-corrected chi connectivity index (χ1v) is 4.68. The molecule has 0 aromatic carbocycles. The Morgan fingerprint density at radius 3 is 2.80 bits per heavy atom. The Balaban J connectivity index is 2.60. The smallest absolute Gasteiger partial charge is 0.0650 e. The summed E-state index contributed by atoms with van der Waals surface area (Å²) < 4.78 is 0.478. The van der Waals surface area contributed by atoms with E-state index in [-0.39, 0.29) is 0 Å². The summed E-state index contributed by atoms with van der Waals surface area (Å²) in [4.78, 5) is 4.35. The Morgan fingerprint density at radius 2 is 2.40 bits per heavy atom. The van der Waals surface area contributed by atoms with Crippen molar-refractivity contribution in [2.45, 2.75) is 38.4 Å². The van der Waals surface area contributed by atoms with Gasteiger partial charge in [-0.1, -0.05) is 6.92 Å². The molecular weight excluding hydrogens is 142 g/mol. The van der Waals surface area contributed by atoms with Gasteiger partial charge in [0.2, 0.25) is 0 Å². The molecule has 0 saturated carbocycles. The lowest BCUT2D eigenvalue weighted by atomic mass is 10.0. The second kappa shape index (κ2) is 2.95. The lowest BCUT2D eigenvalue weighted by molar-refractivity contribution is 0.575. The van der Waals surface area contributed by atoms with Gasteiger partial charge in [0.25, 0.3) is 0 Å². The van der Waals surface area contributed by atoms with E-state index in [1.165, 1.54) is 17.9 Å². The number of aliphatic imine (C=N–C) groups is 1. The van der Waals surface area contributed by atoms with Crippen molar-refractivity contribution in [1.82, 2.24) is 0 Å². The normalized spacial score (nSPS) is 33.7. The first kappa shape index (κ1) is 8.12. The molecule has 0 N–H and O–H groups in total. The summed E-state index contributed by atoms with van der Waals surface area (Å²) in [5.74, 6) is 0. The number of hydrogen-bond donors (Lipinski definition) is 0. The van der Waals surface area contributed by atoms with Crippen molar-refractivity contribution < 1.29 is 0 Å². The highest BCUT2D eigenvalue weighted by molar-refractivity contribution is 8.15. The van der Waals surface area contributed by atoms with Crippen LogP contribution in [0.15, 0.2) is 4.99 Å². The zero-order chi connectivity index (χ0) is 7.61. The van der Waals surface area contributed by atoms with Gasteiger partial charge in [-0.05, 0) is 26.7 Å². The molecule has 0 bridgehead atoms. The Hall–Kier alpha value is 0.0200. The molecule has 1 nitrogen and oxygen atoms in total. The topological polar surface area (TPSA) is 12.4 Å². The second-order valence-electron chi connectivity index (χ2n) is 3.06. The summed E-state index contributed by atoms with van der Waals surface area (Å²) in [5.41, 5.74) is 0. The summed E-state index contributed by atoms with van der Waals surface area (Å²) in [6, 6.07) is 0. The third-order valence-electron chi connectivity index (χ3n) is 2.12. The van der Waals surface area contributed by atoms with Gasteiger partial charge in [-0.15, -0.1) is 11.8 Å². The summed E-state index contributed by atoms with van der Waals surface area (Å²) in [5, 5.41) is 1.26. The molecule has 1 atom stereocenters. The molecule has 0 radical (unpaired) electrons. The quantitative estimate of drug-likeness (QED) is 0.570. The average Bonchev–Trinajstić information content (AvgIpc) is 1.88. The standard InChI is InChI=1S/C8H15NS/c1-4-8(3)5-6-9-7(2)10-8/h4-6H2,1-3H3. The summed E-state index contributed by atoms with van der Waals surface area (Å²) in [7, 11) is 0. The van der Waals surface area contributed by atoms with Crippen molar-refractivity contribution in [1.29, 1.82) is 0 Å². The molecule has 1 aliphatic rings. The number of hydrogen-bond acceptors (Lipinski definition) is 2. The van der Waals surface area contributed by atoms with Crippen LogP contribution >= 0.6 is 11.8 Å². The van der Waals surface area contributed by atoms with E-state index in [2.05, 4.69) is 25.8 Å². The van der Waals surface area contributed by atoms with Crippen molar-refractivity contribution in [3.8, 4) is 0 Å². The summed E-state index contributed by atoms with van der Waals surface area (Å²) >= 11 is 1.94. The first-order valence-electron chi connectivity index (χ1n) is 3.86. The number of nitrogens with zero attached hydrogens (tertiary/aromatic N) is 1. The monoisotopic (exact) mass is 157 g/mol. The summed E-state index contributed by atoms with van der Waals surface area (Å²) in [6.07, 6.45) is 2.50. The molecule has 0 spiro atoms. The van der Waals surface area contributed by atoms with E-state index in [1.54, 1.807) is 0 Å². The predicted molar refractivity (Wildman–Crippen MR) is 48.9 cm³/mol. The largest absolute Gasteiger partial charge is 0.283 e. The van der Waals surface area contributed by atoms with Crippen molar-refractivity contribution >= 4 is 16.8 Å². The molecule has 58 valence electrons. The van der Waals surface area contributed by atoms with Gasteiger partial charge >= 0.3 is 0 Å². The number of rotatable bonds is 1. The van der Waals surface area contributed by atoms with Gasteiger partial charge in [0.05, 0.1) is 5.04 Å². The lowest BCUT2D eigenvalue weighted by Crippen LogP contribution is -2.25. The third-order valence-corrected chi connectivity index (χ3v) is 3.53. The maximum atomic E-state index is 4.35. The van der Waals surface area contributed by atoms with Crippen LogP contribution in [-0.4, -0.2) is 16.3 Å². The maximum absolute atomic E-state index is 4.35. The van der Waals surface area contributed by atoms with Crippen LogP contribution < -0.4 is 0 Å². The van der Waals surface area contributed by atoms with Crippen molar-refractivity contribution in [2.75, 3.05) is 6.54 Å². The molecule has 0 fully saturated rings. The second-order valence-corrected chi connectivity index (χ2v) is 4.84. The van der Waals surface area contributed by atoms with Gasteiger partial charge in [0.15, 0.2) is 0 Å². The lowest BCUT2D eigenvalue weighted by Gasteiger charge is -2.29. The Bertz CT molecular complexity index is 153. The van der Waals surface area contributed by atoms with Crippen LogP contribution in [0.4, 0.5) is 0 Å². The molecular formula is C8H15NS. The fourth-order valence-electron chi connectivity index (χ4n) is 1.14. The fourth-order valence-corrected chi connectivity index (χ4v) is 2.35. The third kappa shape index (κ3) is 1.75. The van der Waals surface area contributed by atoms with Gasteiger partial charge in [0, 0.05) is 11.3 Å².